The van der Waals surface area contributed by atoms with Gasteiger partial charge in [0, 0.05) is 16.9 Å². The van der Waals surface area contributed by atoms with E-state index in [2.05, 4.69) is 21.2 Å². The molecule has 0 saturated heterocycles. The largest absolute Gasteiger partial charge is 0.417 e. The van der Waals surface area contributed by atoms with Crippen LogP contribution in [-0.2, 0) is 6.18 Å². The number of alkyl halides is 4. The summed E-state index contributed by atoms with van der Waals surface area (Å²) < 4.78 is 39.1. The Balaban J connectivity index is 2.88. The average Bonchev–Trinajstić information content (AvgIpc) is 2.42. The van der Waals surface area contributed by atoms with Crippen molar-refractivity contribution >= 4 is 33.4 Å². The molecule has 1 unspecified atom stereocenters. The molecule has 0 radical (unpaired) electrons. The van der Waals surface area contributed by atoms with Gasteiger partial charge in [-0.25, -0.2) is 0 Å². The van der Waals surface area contributed by atoms with Crippen LogP contribution in [0.5, 0.6) is 0 Å². The van der Waals surface area contributed by atoms with Gasteiger partial charge in [0.15, 0.2) is 0 Å². The van der Waals surface area contributed by atoms with Crippen molar-refractivity contribution in [3.05, 3.63) is 33.8 Å². The third-order valence-corrected chi connectivity index (χ3v) is 3.89. The monoisotopic (exact) mass is 385 g/mol. The van der Waals surface area contributed by atoms with Crippen molar-refractivity contribution in [1.82, 2.24) is 5.32 Å². The molecule has 1 N–H and O–H groups in total. The molecule has 1 amide bonds. The first-order valence-electron chi connectivity index (χ1n) is 6.50. The van der Waals surface area contributed by atoms with E-state index in [1.807, 2.05) is 6.92 Å². The predicted molar refractivity (Wildman–Crippen MR) is 80.6 cm³/mol. The second-order valence-electron chi connectivity index (χ2n) is 4.65. The zero-order valence-corrected chi connectivity index (χ0v) is 13.8. The van der Waals surface area contributed by atoms with Gasteiger partial charge in [-0.05, 0) is 30.5 Å². The highest BCUT2D eigenvalue weighted by atomic mass is 79.9. The first-order chi connectivity index (χ1) is 9.79. The van der Waals surface area contributed by atoms with Gasteiger partial charge in [0.2, 0.25) is 0 Å². The van der Waals surface area contributed by atoms with E-state index in [-0.39, 0.29) is 16.0 Å². The topological polar surface area (TPSA) is 29.1 Å². The van der Waals surface area contributed by atoms with Crippen LogP contribution in [0.15, 0.2) is 22.7 Å². The lowest BCUT2D eigenvalue weighted by Gasteiger charge is -2.16. The third-order valence-electron chi connectivity index (χ3n) is 3.18. The Morgan fingerprint density at radius 3 is 2.62 bits per heavy atom. The lowest BCUT2D eigenvalue weighted by atomic mass is 10.0. The van der Waals surface area contributed by atoms with E-state index in [0.717, 1.165) is 12.5 Å². The van der Waals surface area contributed by atoms with Crippen LogP contribution in [0.1, 0.15) is 35.7 Å². The standard InChI is InChI=1S/C14H16BrClF3NO/c1-2-9(5-6-16)8-20-13(21)11-4-3-10(15)7-12(11)14(17,18)19/h3-4,7,9H,2,5-6,8H2,1H3,(H,20,21). The average molecular weight is 387 g/mol. The van der Waals surface area contributed by atoms with Crippen LogP contribution in [-0.4, -0.2) is 18.3 Å². The Labute approximate surface area is 135 Å². The molecule has 2 nitrogen and oxygen atoms in total. The van der Waals surface area contributed by atoms with Gasteiger partial charge in [0.1, 0.15) is 0 Å². The van der Waals surface area contributed by atoms with E-state index in [1.54, 1.807) is 0 Å². The Morgan fingerprint density at radius 1 is 1.43 bits per heavy atom. The maximum absolute atomic E-state index is 13.0. The molecule has 0 fully saturated rings. The highest BCUT2D eigenvalue weighted by molar-refractivity contribution is 9.10. The van der Waals surface area contributed by atoms with Crippen molar-refractivity contribution in [3.63, 3.8) is 0 Å². The van der Waals surface area contributed by atoms with Crippen molar-refractivity contribution in [3.8, 4) is 0 Å². The normalized spacial score (nSPS) is 13.0. The molecule has 7 heteroatoms. The van der Waals surface area contributed by atoms with Crippen LogP contribution in [0.3, 0.4) is 0 Å². The number of hydrogen-bond acceptors (Lipinski definition) is 1. The fourth-order valence-corrected chi connectivity index (χ4v) is 2.56. The summed E-state index contributed by atoms with van der Waals surface area (Å²) in [4.78, 5) is 12.0. The molecule has 0 aliphatic carbocycles. The minimum atomic E-state index is -4.57. The van der Waals surface area contributed by atoms with Crippen LogP contribution in [0.4, 0.5) is 13.2 Å². The molecular formula is C14H16BrClF3NO. The van der Waals surface area contributed by atoms with Crippen LogP contribution < -0.4 is 5.32 Å². The molecule has 1 aromatic rings. The number of rotatable bonds is 6. The van der Waals surface area contributed by atoms with Gasteiger partial charge in [-0.3, -0.25) is 4.79 Å². The van der Waals surface area contributed by atoms with Gasteiger partial charge in [0.25, 0.3) is 5.91 Å². The van der Waals surface area contributed by atoms with Gasteiger partial charge in [-0.1, -0.05) is 29.3 Å². The predicted octanol–water partition coefficient (Wildman–Crippen LogP) is 4.85. The van der Waals surface area contributed by atoms with Crippen molar-refractivity contribution in [1.29, 1.82) is 0 Å². The molecule has 0 spiro atoms. The van der Waals surface area contributed by atoms with Crippen LogP contribution in [0, 0.1) is 5.92 Å². The fraction of sp³-hybridized carbons (Fsp3) is 0.500. The van der Waals surface area contributed by atoms with Gasteiger partial charge >= 0.3 is 6.18 Å². The summed E-state index contributed by atoms with van der Waals surface area (Å²) in [5.74, 6) is -0.0976. The van der Waals surface area contributed by atoms with E-state index in [9.17, 15) is 18.0 Å². The Bertz CT molecular complexity index is 494. The lowest BCUT2D eigenvalue weighted by molar-refractivity contribution is -0.138. The van der Waals surface area contributed by atoms with Gasteiger partial charge in [0.05, 0.1) is 11.1 Å². The molecule has 21 heavy (non-hydrogen) atoms. The SMILES string of the molecule is CCC(CCCl)CNC(=O)c1ccc(Br)cc1C(F)(F)F. The van der Waals surface area contributed by atoms with Gasteiger partial charge < -0.3 is 5.32 Å². The summed E-state index contributed by atoms with van der Waals surface area (Å²) in [6.45, 7) is 2.26. The molecule has 0 heterocycles. The molecule has 0 aliphatic heterocycles. The summed E-state index contributed by atoms with van der Waals surface area (Å²) in [5.41, 5.74) is -1.31. The summed E-state index contributed by atoms with van der Waals surface area (Å²) in [6.07, 6.45) is -3.05. The quantitative estimate of drug-likeness (QED) is 0.696. The van der Waals surface area contributed by atoms with Crippen LogP contribution in [0.2, 0.25) is 0 Å². The van der Waals surface area contributed by atoms with Crippen molar-refractivity contribution < 1.29 is 18.0 Å². The minimum Gasteiger partial charge on any atom is -0.352 e. The van der Waals surface area contributed by atoms with E-state index in [1.165, 1.54) is 12.1 Å². The summed E-state index contributed by atoms with van der Waals surface area (Å²) in [5, 5.41) is 2.55. The minimum absolute atomic E-state index is 0.163. The highest BCUT2D eigenvalue weighted by Gasteiger charge is 2.35. The van der Waals surface area contributed by atoms with Gasteiger partial charge in [-0.2, -0.15) is 13.2 Å². The molecule has 118 valence electrons. The number of carbonyl (C=O) groups is 1. The van der Waals surface area contributed by atoms with E-state index in [4.69, 9.17) is 11.6 Å². The summed E-state index contributed by atoms with van der Waals surface area (Å²) in [6, 6.07) is 3.50. The molecular weight excluding hydrogens is 371 g/mol. The number of benzene rings is 1. The molecule has 1 atom stereocenters. The van der Waals surface area contributed by atoms with Crippen LogP contribution >= 0.6 is 27.5 Å². The first-order valence-corrected chi connectivity index (χ1v) is 7.83. The molecule has 0 aromatic heterocycles. The van der Waals surface area contributed by atoms with E-state index in [0.29, 0.717) is 18.8 Å². The zero-order chi connectivity index (χ0) is 16.0. The Morgan fingerprint density at radius 2 is 2.10 bits per heavy atom. The maximum atomic E-state index is 13.0. The van der Waals surface area contributed by atoms with Crippen molar-refractivity contribution in [2.24, 2.45) is 5.92 Å². The summed E-state index contributed by atoms with van der Waals surface area (Å²) >= 11 is 8.63. The zero-order valence-electron chi connectivity index (χ0n) is 11.4. The van der Waals surface area contributed by atoms with E-state index >= 15 is 0 Å². The van der Waals surface area contributed by atoms with Crippen molar-refractivity contribution in [2.75, 3.05) is 12.4 Å². The molecule has 1 aromatic carbocycles. The molecule has 0 saturated carbocycles. The molecule has 1 rings (SSSR count). The van der Waals surface area contributed by atoms with E-state index < -0.39 is 17.6 Å². The smallest absolute Gasteiger partial charge is 0.352 e. The third kappa shape index (κ3) is 5.51. The highest BCUT2D eigenvalue weighted by Crippen LogP contribution is 2.33. The maximum Gasteiger partial charge on any atom is 0.417 e. The number of nitrogens with one attached hydrogen (secondary N) is 1. The molecule has 0 aliphatic rings. The fourth-order valence-electron chi connectivity index (χ4n) is 1.89. The lowest BCUT2D eigenvalue weighted by Crippen LogP contribution is -2.31. The number of carbonyl (C=O) groups excluding carboxylic acids is 1. The number of halogens is 5. The second kappa shape index (κ2) is 8.03. The number of hydrogen-bond donors (Lipinski definition) is 1. The van der Waals surface area contributed by atoms with Crippen LogP contribution in [0.25, 0.3) is 0 Å². The van der Waals surface area contributed by atoms with Crippen molar-refractivity contribution in [2.45, 2.75) is 25.9 Å². The second-order valence-corrected chi connectivity index (χ2v) is 5.94. The number of amides is 1. The van der Waals surface area contributed by atoms with Gasteiger partial charge in [-0.15, -0.1) is 11.6 Å². The summed E-state index contributed by atoms with van der Waals surface area (Å²) in [7, 11) is 0. The Kier molecular flexibility index (Phi) is 7.00. The molecule has 0 bridgehead atoms. The Hall–Kier alpha value is -0.750. The first kappa shape index (κ1) is 18.3.